The van der Waals surface area contributed by atoms with Gasteiger partial charge in [0.2, 0.25) is 15.9 Å². The largest absolute Gasteiger partial charge is 0.326 e. The van der Waals surface area contributed by atoms with Crippen molar-refractivity contribution in [3.8, 4) is 11.3 Å². The predicted octanol–water partition coefficient (Wildman–Crippen LogP) is 4.27. The molecule has 32 heavy (non-hydrogen) atoms. The number of rotatable bonds is 8. The Morgan fingerprint density at radius 1 is 1.06 bits per heavy atom. The van der Waals surface area contributed by atoms with E-state index in [1.165, 1.54) is 27.8 Å². The van der Waals surface area contributed by atoms with E-state index in [1.54, 1.807) is 26.0 Å². The highest BCUT2D eigenvalue weighted by atomic mass is 32.2. The molecule has 0 aliphatic carbocycles. The minimum atomic E-state index is -3.52. The topological polar surface area (TPSA) is 83.8 Å². The first-order valence-electron chi connectivity index (χ1n) is 10.3. The molecule has 7 nitrogen and oxygen atoms in total. The zero-order valence-corrected chi connectivity index (χ0v) is 19.5. The molecule has 9 heteroatoms. The summed E-state index contributed by atoms with van der Waals surface area (Å²) in [6.07, 6.45) is 2.13. The molecule has 0 aliphatic rings. The molecule has 2 heterocycles. The number of fused-ring (bicyclic) bond motifs is 1. The van der Waals surface area contributed by atoms with E-state index in [1.807, 2.05) is 46.3 Å². The Morgan fingerprint density at radius 3 is 2.41 bits per heavy atom. The van der Waals surface area contributed by atoms with Crippen LogP contribution in [0.4, 0.5) is 5.69 Å². The van der Waals surface area contributed by atoms with Crippen LogP contribution in [0.5, 0.6) is 0 Å². The van der Waals surface area contributed by atoms with Crippen molar-refractivity contribution in [2.45, 2.75) is 25.2 Å². The minimum Gasteiger partial charge on any atom is -0.326 e. The first-order chi connectivity index (χ1) is 15.4. The van der Waals surface area contributed by atoms with E-state index in [0.717, 1.165) is 21.9 Å². The molecule has 0 saturated carbocycles. The average Bonchev–Trinajstić information content (AvgIpc) is 3.37. The number of benzene rings is 2. The molecule has 0 aliphatic heterocycles. The molecule has 1 N–H and O–H groups in total. The summed E-state index contributed by atoms with van der Waals surface area (Å²) in [5, 5.41) is 4.77. The number of sulfonamides is 1. The van der Waals surface area contributed by atoms with E-state index < -0.39 is 10.0 Å². The average molecular weight is 469 g/mol. The van der Waals surface area contributed by atoms with E-state index in [0.29, 0.717) is 18.8 Å². The number of nitrogens with one attached hydrogen (secondary N) is 1. The molecular formula is C23H24N4O3S2. The van der Waals surface area contributed by atoms with Crippen LogP contribution >= 0.6 is 11.3 Å². The first kappa shape index (κ1) is 22.2. The summed E-state index contributed by atoms with van der Waals surface area (Å²) >= 11 is 1.49. The van der Waals surface area contributed by atoms with Crippen LogP contribution in [0.15, 0.2) is 71.1 Å². The van der Waals surface area contributed by atoms with Crippen LogP contribution in [0.1, 0.15) is 19.5 Å². The highest BCUT2D eigenvalue weighted by Gasteiger charge is 2.21. The maximum atomic E-state index is 12.6. The summed E-state index contributed by atoms with van der Waals surface area (Å²) in [6, 6.07) is 16.2. The van der Waals surface area contributed by atoms with Crippen molar-refractivity contribution >= 4 is 37.9 Å². The Balaban J connectivity index is 1.46. The molecule has 0 bridgehead atoms. The van der Waals surface area contributed by atoms with Crippen LogP contribution in [0, 0.1) is 0 Å². The van der Waals surface area contributed by atoms with E-state index in [2.05, 4.69) is 10.3 Å². The fourth-order valence-electron chi connectivity index (χ4n) is 3.50. The van der Waals surface area contributed by atoms with Gasteiger partial charge in [0.15, 0.2) is 4.96 Å². The van der Waals surface area contributed by atoms with E-state index in [4.69, 9.17) is 0 Å². The number of carbonyl (C=O) groups excluding carboxylic acids is 1. The van der Waals surface area contributed by atoms with Gasteiger partial charge in [-0.3, -0.25) is 9.20 Å². The molecule has 1 amide bonds. The van der Waals surface area contributed by atoms with Gasteiger partial charge in [-0.05, 0) is 24.3 Å². The molecule has 0 fully saturated rings. The minimum absolute atomic E-state index is 0.181. The Morgan fingerprint density at radius 2 is 1.75 bits per heavy atom. The van der Waals surface area contributed by atoms with Gasteiger partial charge in [0.05, 0.1) is 17.0 Å². The van der Waals surface area contributed by atoms with Gasteiger partial charge >= 0.3 is 0 Å². The quantitative estimate of drug-likeness (QED) is 0.418. The van der Waals surface area contributed by atoms with Crippen molar-refractivity contribution in [3.63, 3.8) is 0 Å². The first-order valence-corrected chi connectivity index (χ1v) is 12.6. The lowest BCUT2D eigenvalue weighted by atomic mass is 10.2. The standard InChI is InChI=1S/C23H24N4O3S2/c1-3-26(4-2)32(29,30)20-12-10-18(11-13-20)24-22(28)14-19-16-31-23-25-21(15-27(19)23)17-8-6-5-7-9-17/h5-13,15-16H,3-4,14H2,1-2H3,(H,24,28). The third-order valence-corrected chi connectivity index (χ3v) is 8.13. The maximum absolute atomic E-state index is 12.6. The molecule has 4 aromatic rings. The van der Waals surface area contributed by atoms with Crippen LogP contribution in [0.25, 0.3) is 16.2 Å². The molecule has 2 aromatic carbocycles. The number of hydrogen-bond acceptors (Lipinski definition) is 5. The summed E-state index contributed by atoms with van der Waals surface area (Å²) < 4.78 is 28.5. The van der Waals surface area contributed by atoms with E-state index >= 15 is 0 Å². The Bertz CT molecular complexity index is 1320. The smallest absolute Gasteiger partial charge is 0.243 e. The molecule has 0 unspecified atom stereocenters. The molecule has 0 spiro atoms. The van der Waals surface area contributed by atoms with Crippen LogP contribution in [-0.2, 0) is 21.2 Å². The fraction of sp³-hybridized carbons (Fsp3) is 0.217. The summed E-state index contributed by atoms with van der Waals surface area (Å²) in [7, 11) is -3.52. The summed E-state index contributed by atoms with van der Waals surface area (Å²) in [6.45, 7) is 4.43. The zero-order valence-electron chi connectivity index (χ0n) is 17.9. The lowest BCUT2D eigenvalue weighted by Gasteiger charge is -2.18. The van der Waals surface area contributed by atoms with E-state index in [-0.39, 0.29) is 17.2 Å². The molecule has 2 aromatic heterocycles. The van der Waals surface area contributed by atoms with Gasteiger partial charge in [0.1, 0.15) is 0 Å². The number of thiazole rings is 1. The molecule has 166 valence electrons. The lowest BCUT2D eigenvalue weighted by molar-refractivity contribution is -0.115. The summed E-state index contributed by atoms with van der Waals surface area (Å²) in [4.78, 5) is 18.3. The maximum Gasteiger partial charge on any atom is 0.243 e. The van der Waals surface area contributed by atoms with Gasteiger partial charge in [-0.1, -0.05) is 44.2 Å². The molecule has 4 rings (SSSR count). The highest BCUT2D eigenvalue weighted by molar-refractivity contribution is 7.89. The number of aromatic nitrogens is 2. The molecule has 0 atom stereocenters. The lowest BCUT2D eigenvalue weighted by Crippen LogP contribution is -2.30. The third kappa shape index (κ3) is 4.45. The van der Waals surface area contributed by atoms with Crippen molar-refractivity contribution in [1.82, 2.24) is 13.7 Å². The van der Waals surface area contributed by atoms with Crippen LogP contribution in [0.3, 0.4) is 0 Å². The van der Waals surface area contributed by atoms with Gasteiger partial charge in [-0.15, -0.1) is 11.3 Å². The Hall–Kier alpha value is -3.01. The third-order valence-electron chi connectivity index (χ3n) is 5.18. The predicted molar refractivity (Wildman–Crippen MR) is 127 cm³/mol. The van der Waals surface area contributed by atoms with Crippen molar-refractivity contribution in [1.29, 1.82) is 0 Å². The number of amides is 1. The van der Waals surface area contributed by atoms with Gasteiger partial charge in [-0.2, -0.15) is 4.31 Å². The number of imidazole rings is 1. The van der Waals surface area contributed by atoms with Gasteiger partial charge in [-0.25, -0.2) is 13.4 Å². The summed E-state index contributed by atoms with van der Waals surface area (Å²) in [5.41, 5.74) is 3.29. The number of nitrogens with zero attached hydrogens (tertiary/aromatic N) is 3. The molecule has 0 saturated heterocycles. The van der Waals surface area contributed by atoms with Crippen LogP contribution < -0.4 is 5.32 Å². The zero-order chi connectivity index (χ0) is 22.7. The van der Waals surface area contributed by atoms with Crippen molar-refractivity contribution in [3.05, 3.63) is 71.9 Å². The van der Waals surface area contributed by atoms with E-state index in [9.17, 15) is 13.2 Å². The van der Waals surface area contributed by atoms with Crippen LogP contribution in [-0.4, -0.2) is 41.1 Å². The van der Waals surface area contributed by atoms with Gasteiger partial charge in [0.25, 0.3) is 0 Å². The second-order valence-electron chi connectivity index (χ2n) is 7.21. The number of hydrogen-bond donors (Lipinski definition) is 1. The van der Waals surface area contributed by atoms with Crippen molar-refractivity contribution < 1.29 is 13.2 Å². The summed E-state index contributed by atoms with van der Waals surface area (Å²) in [5.74, 6) is -0.181. The molecular weight excluding hydrogens is 444 g/mol. The van der Waals surface area contributed by atoms with Crippen LogP contribution in [0.2, 0.25) is 0 Å². The normalized spacial score (nSPS) is 11.8. The number of carbonyl (C=O) groups is 1. The van der Waals surface area contributed by atoms with Gasteiger partial charge in [0, 0.05) is 41.6 Å². The van der Waals surface area contributed by atoms with Gasteiger partial charge < -0.3 is 5.32 Å². The highest BCUT2D eigenvalue weighted by Crippen LogP contribution is 2.24. The van der Waals surface area contributed by atoms with Crippen molar-refractivity contribution in [2.75, 3.05) is 18.4 Å². The fourth-order valence-corrected chi connectivity index (χ4v) is 5.83. The second-order valence-corrected chi connectivity index (χ2v) is 9.98. The molecule has 0 radical (unpaired) electrons. The second kappa shape index (κ2) is 9.23. The SMILES string of the molecule is CCN(CC)S(=O)(=O)c1ccc(NC(=O)Cc2csc3nc(-c4ccccc4)cn23)cc1. The Kier molecular flexibility index (Phi) is 6.40. The Labute approximate surface area is 191 Å². The monoisotopic (exact) mass is 468 g/mol. The van der Waals surface area contributed by atoms with Crippen molar-refractivity contribution in [2.24, 2.45) is 0 Å². The number of anilines is 1.